The van der Waals surface area contributed by atoms with Crippen molar-refractivity contribution < 1.29 is 9.53 Å². The third-order valence-corrected chi connectivity index (χ3v) is 5.03. The highest BCUT2D eigenvalue weighted by atomic mass is 16.5. The number of hydrogen-bond acceptors (Lipinski definition) is 2. The highest BCUT2D eigenvalue weighted by molar-refractivity contribution is 5.77. The molecule has 3 nitrogen and oxygen atoms in total. The third-order valence-electron chi connectivity index (χ3n) is 5.03. The van der Waals surface area contributed by atoms with Crippen LogP contribution in [0.1, 0.15) is 63.0 Å². The summed E-state index contributed by atoms with van der Waals surface area (Å²) in [6.07, 6.45) is 9.10. The van der Waals surface area contributed by atoms with Crippen LogP contribution >= 0.6 is 0 Å². The van der Waals surface area contributed by atoms with Crippen LogP contribution in [0.4, 0.5) is 0 Å². The van der Waals surface area contributed by atoms with E-state index < -0.39 is 0 Å². The first-order valence-corrected chi connectivity index (χ1v) is 8.79. The Morgan fingerprint density at radius 1 is 1.09 bits per heavy atom. The fraction of sp³-hybridized carbons (Fsp3) is 0.632. The van der Waals surface area contributed by atoms with Crippen molar-refractivity contribution in [3.63, 3.8) is 0 Å². The van der Waals surface area contributed by atoms with Gasteiger partial charge < -0.3 is 10.1 Å². The minimum atomic E-state index is 0.128. The number of carbonyl (C=O) groups is 1. The van der Waals surface area contributed by atoms with Gasteiger partial charge in [0.05, 0.1) is 18.6 Å². The molecular formula is C19H27NO2. The highest BCUT2D eigenvalue weighted by Crippen LogP contribution is 2.34. The summed E-state index contributed by atoms with van der Waals surface area (Å²) in [5, 5.41) is 3.31. The van der Waals surface area contributed by atoms with Crippen molar-refractivity contribution in [2.75, 3.05) is 6.61 Å². The zero-order chi connectivity index (χ0) is 15.2. The van der Waals surface area contributed by atoms with Gasteiger partial charge in [0.2, 0.25) is 5.91 Å². The monoisotopic (exact) mass is 301 g/mol. The zero-order valence-electron chi connectivity index (χ0n) is 13.3. The van der Waals surface area contributed by atoms with Crippen molar-refractivity contribution in [1.29, 1.82) is 0 Å². The van der Waals surface area contributed by atoms with Crippen molar-refractivity contribution in [2.45, 2.75) is 63.5 Å². The van der Waals surface area contributed by atoms with Crippen LogP contribution in [0.2, 0.25) is 0 Å². The van der Waals surface area contributed by atoms with Crippen molar-refractivity contribution in [2.24, 2.45) is 5.92 Å². The van der Waals surface area contributed by atoms with E-state index in [9.17, 15) is 4.79 Å². The standard InChI is InChI=1S/C19H27NO2/c21-18(14-17-12-7-13-22-17)20-19(15-8-3-1-4-9-15)16-10-5-2-6-11-16/h1,3-4,8-9,16-17,19H,2,5-7,10-14H2,(H,20,21)/t17-,19+/m1/s1. The van der Waals surface area contributed by atoms with Crippen LogP contribution in [0, 0.1) is 5.92 Å². The predicted molar refractivity (Wildman–Crippen MR) is 87.5 cm³/mol. The van der Waals surface area contributed by atoms with E-state index in [0.717, 1.165) is 19.4 Å². The molecule has 1 N–H and O–H groups in total. The Bertz CT molecular complexity index is 462. The number of nitrogens with one attached hydrogen (secondary N) is 1. The van der Waals surface area contributed by atoms with E-state index in [4.69, 9.17) is 4.74 Å². The van der Waals surface area contributed by atoms with Gasteiger partial charge in [-0.25, -0.2) is 0 Å². The van der Waals surface area contributed by atoms with Gasteiger partial charge in [0.1, 0.15) is 0 Å². The molecular weight excluding hydrogens is 274 g/mol. The number of rotatable bonds is 5. The lowest BCUT2D eigenvalue weighted by Crippen LogP contribution is -2.36. The van der Waals surface area contributed by atoms with E-state index in [2.05, 4.69) is 29.6 Å². The number of benzene rings is 1. The summed E-state index contributed by atoms with van der Waals surface area (Å²) >= 11 is 0. The summed E-state index contributed by atoms with van der Waals surface area (Å²) in [6.45, 7) is 0.808. The molecule has 1 aromatic rings. The first-order valence-electron chi connectivity index (χ1n) is 8.79. The van der Waals surface area contributed by atoms with Gasteiger partial charge in [0, 0.05) is 6.61 Å². The Kier molecular flexibility index (Phi) is 5.49. The fourth-order valence-electron chi connectivity index (χ4n) is 3.85. The third kappa shape index (κ3) is 4.10. The van der Waals surface area contributed by atoms with E-state index in [0.29, 0.717) is 12.3 Å². The average molecular weight is 301 g/mol. The van der Waals surface area contributed by atoms with Crippen LogP contribution in [-0.2, 0) is 9.53 Å². The maximum Gasteiger partial charge on any atom is 0.223 e. The molecule has 1 aromatic carbocycles. The Morgan fingerprint density at radius 3 is 2.55 bits per heavy atom. The van der Waals surface area contributed by atoms with Crippen LogP contribution in [0.15, 0.2) is 30.3 Å². The molecule has 2 aliphatic rings. The molecule has 1 saturated carbocycles. The zero-order valence-corrected chi connectivity index (χ0v) is 13.3. The molecule has 1 saturated heterocycles. The molecule has 120 valence electrons. The van der Waals surface area contributed by atoms with E-state index in [1.807, 2.05) is 6.07 Å². The molecule has 1 aliphatic heterocycles. The lowest BCUT2D eigenvalue weighted by Gasteiger charge is -2.31. The van der Waals surface area contributed by atoms with Crippen LogP contribution < -0.4 is 5.32 Å². The number of ether oxygens (including phenoxy) is 1. The molecule has 2 fully saturated rings. The predicted octanol–water partition coefficient (Wildman–Crippen LogP) is 3.99. The number of amides is 1. The molecule has 3 heteroatoms. The van der Waals surface area contributed by atoms with E-state index in [-0.39, 0.29) is 18.1 Å². The molecule has 0 bridgehead atoms. The lowest BCUT2D eigenvalue weighted by molar-refractivity contribution is -0.124. The molecule has 0 aromatic heterocycles. The van der Waals surface area contributed by atoms with Gasteiger partial charge in [-0.1, -0.05) is 49.6 Å². The fourth-order valence-corrected chi connectivity index (χ4v) is 3.85. The molecule has 2 atom stereocenters. The van der Waals surface area contributed by atoms with E-state index >= 15 is 0 Å². The van der Waals surface area contributed by atoms with Crippen molar-refractivity contribution in [3.05, 3.63) is 35.9 Å². The van der Waals surface area contributed by atoms with Crippen molar-refractivity contribution >= 4 is 5.91 Å². The Hall–Kier alpha value is -1.35. The molecule has 0 unspecified atom stereocenters. The summed E-state index contributed by atoms with van der Waals surface area (Å²) in [4.78, 5) is 12.4. The second-order valence-electron chi connectivity index (χ2n) is 6.69. The first-order chi connectivity index (χ1) is 10.8. The Morgan fingerprint density at radius 2 is 1.86 bits per heavy atom. The lowest BCUT2D eigenvalue weighted by atomic mass is 9.81. The summed E-state index contributed by atoms with van der Waals surface area (Å²) in [7, 11) is 0. The van der Waals surface area contributed by atoms with Crippen LogP contribution in [-0.4, -0.2) is 18.6 Å². The van der Waals surface area contributed by atoms with Gasteiger partial charge >= 0.3 is 0 Å². The average Bonchev–Trinajstić information content (AvgIpc) is 3.07. The smallest absolute Gasteiger partial charge is 0.223 e. The maximum absolute atomic E-state index is 12.4. The van der Waals surface area contributed by atoms with Gasteiger partial charge in [-0.05, 0) is 37.2 Å². The number of carbonyl (C=O) groups excluding carboxylic acids is 1. The van der Waals surface area contributed by atoms with E-state index in [1.165, 1.54) is 37.7 Å². The maximum atomic E-state index is 12.4. The van der Waals surface area contributed by atoms with E-state index in [1.54, 1.807) is 0 Å². The highest BCUT2D eigenvalue weighted by Gasteiger charge is 2.27. The van der Waals surface area contributed by atoms with Gasteiger partial charge in [-0.15, -0.1) is 0 Å². The molecule has 1 heterocycles. The molecule has 3 rings (SSSR count). The molecule has 1 aliphatic carbocycles. The Labute approximate surface area is 133 Å². The number of hydrogen-bond donors (Lipinski definition) is 1. The second-order valence-corrected chi connectivity index (χ2v) is 6.69. The van der Waals surface area contributed by atoms with Crippen molar-refractivity contribution in [3.8, 4) is 0 Å². The summed E-state index contributed by atoms with van der Waals surface area (Å²) in [5.41, 5.74) is 1.25. The SMILES string of the molecule is O=C(C[C@H]1CCCO1)N[C@@H](c1ccccc1)C1CCCCC1. The molecule has 0 spiro atoms. The molecule has 0 radical (unpaired) electrons. The van der Waals surface area contributed by atoms with Crippen LogP contribution in [0.5, 0.6) is 0 Å². The summed E-state index contributed by atoms with van der Waals surface area (Å²) in [6, 6.07) is 10.6. The van der Waals surface area contributed by atoms with Gasteiger partial charge in [-0.2, -0.15) is 0 Å². The summed E-state index contributed by atoms with van der Waals surface area (Å²) < 4.78 is 5.60. The van der Waals surface area contributed by atoms with Gasteiger partial charge in [-0.3, -0.25) is 4.79 Å². The Balaban J connectivity index is 1.66. The first kappa shape index (κ1) is 15.5. The van der Waals surface area contributed by atoms with Crippen molar-refractivity contribution in [1.82, 2.24) is 5.32 Å². The normalized spacial score (nSPS) is 24.1. The largest absolute Gasteiger partial charge is 0.378 e. The second kappa shape index (κ2) is 7.77. The topological polar surface area (TPSA) is 38.3 Å². The molecule has 22 heavy (non-hydrogen) atoms. The molecule has 1 amide bonds. The minimum absolute atomic E-state index is 0.128. The van der Waals surface area contributed by atoms with Gasteiger partial charge in [0.15, 0.2) is 0 Å². The van der Waals surface area contributed by atoms with Crippen LogP contribution in [0.25, 0.3) is 0 Å². The van der Waals surface area contributed by atoms with Gasteiger partial charge in [0.25, 0.3) is 0 Å². The quantitative estimate of drug-likeness (QED) is 0.893. The minimum Gasteiger partial charge on any atom is -0.378 e. The van der Waals surface area contributed by atoms with Crippen LogP contribution in [0.3, 0.4) is 0 Å². The summed E-state index contributed by atoms with van der Waals surface area (Å²) in [5.74, 6) is 0.718.